The second-order valence-corrected chi connectivity index (χ2v) is 7.75. The molecule has 0 atom stereocenters. The molecule has 136 valence electrons. The highest BCUT2D eigenvalue weighted by Crippen LogP contribution is 2.22. The third-order valence-corrected chi connectivity index (χ3v) is 5.46. The molecule has 1 aliphatic rings. The molecule has 1 fully saturated rings. The lowest BCUT2D eigenvalue weighted by Crippen LogP contribution is -2.27. The largest absolute Gasteiger partial charge is 0.355 e. The number of hydrogen-bond acceptors (Lipinski definition) is 3. The van der Waals surface area contributed by atoms with E-state index in [0.717, 1.165) is 39.9 Å². The predicted octanol–water partition coefficient (Wildman–Crippen LogP) is 3.92. The minimum absolute atomic E-state index is 0.00621. The first-order valence-electron chi connectivity index (χ1n) is 8.66. The average molecular weight is 389 g/mol. The van der Waals surface area contributed by atoms with Crippen molar-refractivity contribution in [2.75, 3.05) is 23.7 Å². The van der Waals surface area contributed by atoms with Crippen LogP contribution in [-0.4, -0.2) is 30.7 Å². The molecule has 0 unspecified atom stereocenters. The summed E-state index contributed by atoms with van der Waals surface area (Å²) >= 11 is 7.54. The van der Waals surface area contributed by atoms with E-state index in [0.29, 0.717) is 19.4 Å². The van der Waals surface area contributed by atoms with Crippen LogP contribution in [0.1, 0.15) is 18.4 Å². The average Bonchev–Trinajstić information content (AvgIpc) is 3.07. The van der Waals surface area contributed by atoms with Crippen molar-refractivity contribution in [2.45, 2.75) is 24.2 Å². The van der Waals surface area contributed by atoms with Gasteiger partial charge in [0.25, 0.3) is 0 Å². The first kappa shape index (κ1) is 18.8. The van der Waals surface area contributed by atoms with Crippen LogP contribution < -0.4 is 10.2 Å². The van der Waals surface area contributed by atoms with Crippen molar-refractivity contribution >= 4 is 40.9 Å². The van der Waals surface area contributed by atoms with Crippen molar-refractivity contribution in [2.24, 2.45) is 0 Å². The van der Waals surface area contributed by atoms with E-state index in [9.17, 15) is 9.59 Å². The van der Waals surface area contributed by atoms with Gasteiger partial charge in [0.1, 0.15) is 0 Å². The molecule has 1 N–H and O–H groups in total. The van der Waals surface area contributed by atoms with Gasteiger partial charge in [-0.3, -0.25) is 9.59 Å². The van der Waals surface area contributed by atoms with E-state index in [1.165, 1.54) is 0 Å². The fraction of sp³-hybridized carbons (Fsp3) is 0.300. The molecule has 1 aliphatic heterocycles. The molecule has 2 aromatic rings. The summed E-state index contributed by atoms with van der Waals surface area (Å²) in [5.41, 5.74) is 1.86. The normalized spacial score (nSPS) is 13.9. The maximum Gasteiger partial charge on any atom is 0.227 e. The van der Waals surface area contributed by atoms with Crippen molar-refractivity contribution in [1.29, 1.82) is 0 Å². The van der Waals surface area contributed by atoms with Crippen molar-refractivity contribution in [3.63, 3.8) is 0 Å². The lowest BCUT2D eigenvalue weighted by molar-refractivity contribution is -0.120. The van der Waals surface area contributed by atoms with Gasteiger partial charge in [-0.25, -0.2) is 0 Å². The fourth-order valence-electron chi connectivity index (χ4n) is 2.85. The molecule has 0 spiro atoms. The van der Waals surface area contributed by atoms with Gasteiger partial charge in [-0.1, -0.05) is 23.7 Å². The van der Waals surface area contributed by atoms with Crippen molar-refractivity contribution < 1.29 is 9.59 Å². The summed E-state index contributed by atoms with van der Waals surface area (Å²) in [5, 5.41) is 3.66. The van der Waals surface area contributed by atoms with Gasteiger partial charge in [0.15, 0.2) is 0 Å². The van der Waals surface area contributed by atoms with E-state index < -0.39 is 0 Å². The predicted molar refractivity (Wildman–Crippen MR) is 107 cm³/mol. The summed E-state index contributed by atoms with van der Waals surface area (Å²) in [5.74, 6) is 0.990. The van der Waals surface area contributed by atoms with E-state index in [1.807, 2.05) is 48.5 Å². The van der Waals surface area contributed by atoms with Crippen LogP contribution in [0.2, 0.25) is 5.02 Å². The number of rotatable bonds is 7. The zero-order chi connectivity index (χ0) is 18.4. The molecule has 3 rings (SSSR count). The molecular weight excluding hydrogens is 368 g/mol. The van der Waals surface area contributed by atoms with Crippen molar-refractivity contribution in [1.82, 2.24) is 5.32 Å². The minimum atomic E-state index is 0.00621. The Labute approximate surface area is 162 Å². The number of amides is 2. The fourth-order valence-corrected chi connectivity index (χ4v) is 3.75. The summed E-state index contributed by atoms with van der Waals surface area (Å²) in [4.78, 5) is 26.8. The second-order valence-electron chi connectivity index (χ2n) is 6.14. The Bertz CT molecular complexity index is 762. The van der Waals surface area contributed by atoms with Crippen LogP contribution in [0, 0.1) is 0 Å². The molecule has 0 radical (unpaired) electrons. The van der Waals surface area contributed by atoms with Crippen LogP contribution in [-0.2, 0) is 16.0 Å². The summed E-state index contributed by atoms with van der Waals surface area (Å²) in [7, 11) is 0. The van der Waals surface area contributed by atoms with Gasteiger partial charge in [-0.15, -0.1) is 11.8 Å². The number of carbonyl (C=O) groups excluding carboxylic acids is 2. The van der Waals surface area contributed by atoms with Crippen LogP contribution in [0.25, 0.3) is 0 Å². The van der Waals surface area contributed by atoms with E-state index in [4.69, 9.17) is 11.6 Å². The third-order valence-electron chi connectivity index (χ3n) is 4.19. The van der Waals surface area contributed by atoms with E-state index in [2.05, 4.69) is 5.32 Å². The highest BCUT2D eigenvalue weighted by atomic mass is 35.5. The number of nitrogens with zero attached hydrogens (tertiary/aromatic N) is 1. The van der Waals surface area contributed by atoms with E-state index in [-0.39, 0.29) is 11.8 Å². The number of halogens is 1. The number of thioether (sulfide) groups is 1. The Morgan fingerprint density at radius 1 is 1.12 bits per heavy atom. The summed E-state index contributed by atoms with van der Waals surface area (Å²) in [6.07, 6.45) is 1.88. The standard InChI is InChI=1S/C20H21ClN2O2S/c21-16-5-9-18(10-6-16)26-13-11-22-19(24)14-15-3-7-17(8-4-15)23-12-1-2-20(23)25/h3-10H,1-2,11-14H2,(H,22,24). The molecule has 0 bridgehead atoms. The molecule has 0 aromatic heterocycles. The summed E-state index contributed by atoms with van der Waals surface area (Å²) in [6, 6.07) is 15.4. The SMILES string of the molecule is O=C(Cc1ccc(N2CCCC2=O)cc1)NCCSc1ccc(Cl)cc1. The monoisotopic (exact) mass is 388 g/mol. The second kappa shape index (κ2) is 9.10. The Morgan fingerprint density at radius 2 is 1.85 bits per heavy atom. The van der Waals surface area contributed by atoms with Crippen LogP contribution in [0.15, 0.2) is 53.4 Å². The van der Waals surface area contributed by atoms with E-state index in [1.54, 1.807) is 16.7 Å². The number of anilines is 1. The number of hydrogen-bond donors (Lipinski definition) is 1. The molecule has 1 saturated heterocycles. The Morgan fingerprint density at radius 3 is 2.50 bits per heavy atom. The van der Waals surface area contributed by atoms with Gasteiger partial charge < -0.3 is 10.2 Å². The lowest BCUT2D eigenvalue weighted by Gasteiger charge is -2.15. The lowest BCUT2D eigenvalue weighted by atomic mass is 10.1. The summed E-state index contributed by atoms with van der Waals surface area (Å²) < 4.78 is 0. The Hall–Kier alpha value is -1.98. The number of nitrogens with one attached hydrogen (secondary N) is 1. The maximum absolute atomic E-state index is 12.1. The van der Waals surface area contributed by atoms with E-state index >= 15 is 0 Å². The highest BCUT2D eigenvalue weighted by Gasteiger charge is 2.21. The molecule has 2 amide bonds. The minimum Gasteiger partial charge on any atom is -0.355 e. The van der Waals surface area contributed by atoms with Crippen LogP contribution in [0.3, 0.4) is 0 Å². The van der Waals surface area contributed by atoms with Crippen molar-refractivity contribution in [3.05, 3.63) is 59.1 Å². The molecule has 6 heteroatoms. The number of benzene rings is 2. The Balaban J connectivity index is 1.40. The zero-order valence-electron chi connectivity index (χ0n) is 14.4. The van der Waals surface area contributed by atoms with Gasteiger partial charge in [-0.2, -0.15) is 0 Å². The quantitative estimate of drug-likeness (QED) is 0.577. The van der Waals surface area contributed by atoms with Gasteiger partial charge in [0.05, 0.1) is 6.42 Å². The maximum atomic E-state index is 12.1. The molecular formula is C20H21ClN2O2S. The third kappa shape index (κ3) is 5.26. The van der Waals surface area contributed by atoms with Gasteiger partial charge in [0.2, 0.25) is 11.8 Å². The zero-order valence-corrected chi connectivity index (χ0v) is 16.0. The molecule has 0 saturated carbocycles. The smallest absolute Gasteiger partial charge is 0.227 e. The van der Waals surface area contributed by atoms with Crippen LogP contribution >= 0.6 is 23.4 Å². The first-order valence-corrected chi connectivity index (χ1v) is 10.0. The summed E-state index contributed by atoms with van der Waals surface area (Å²) in [6.45, 7) is 1.40. The first-order chi connectivity index (χ1) is 12.6. The molecule has 2 aromatic carbocycles. The molecule has 4 nitrogen and oxygen atoms in total. The molecule has 1 heterocycles. The molecule has 0 aliphatic carbocycles. The van der Waals surface area contributed by atoms with Gasteiger partial charge in [-0.05, 0) is 48.4 Å². The number of carbonyl (C=O) groups is 2. The van der Waals surface area contributed by atoms with Crippen LogP contribution in [0.5, 0.6) is 0 Å². The van der Waals surface area contributed by atoms with Crippen LogP contribution in [0.4, 0.5) is 5.69 Å². The molecule has 26 heavy (non-hydrogen) atoms. The van der Waals surface area contributed by atoms with Crippen molar-refractivity contribution in [3.8, 4) is 0 Å². The van der Waals surface area contributed by atoms with Gasteiger partial charge in [0, 0.05) is 40.9 Å². The Kier molecular flexibility index (Phi) is 6.58. The topological polar surface area (TPSA) is 49.4 Å². The highest BCUT2D eigenvalue weighted by molar-refractivity contribution is 7.99. The van der Waals surface area contributed by atoms with Gasteiger partial charge >= 0.3 is 0 Å².